The number of benzene rings is 2. The predicted molar refractivity (Wildman–Crippen MR) is 90.9 cm³/mol. The lowest BCUT2D eigenvalue weighted by Crippen LogP contribution is -2.40. The van der Waals surface area contributed by atoms with Gasteiger partial charge in [-0.25, -0.2) is 17.5 Å². The van der Waals surface area contributed by atoms with Crippen LogP contribution in [-0.4, -0.2) is 19.9 Å². The summed E-state index contributed by atoms with van der Waals surface area (Å²) in [6, 6.07) is 11.0. The Morgan fingerprint density at radius 2 is 1.67 bits per heavy atom. The molecule has 0 fully saturated rings. The maximum Gasteiger partial charge on any atom is 0.255 e. The van der Waals surface area contributed by atoms with Crippen molar-refractivity contribution in [3.8, 4) is 0 Å². The first-order valence-electron chi connectivity index (χ1n) is 7.28. The molecular weight excluding hydrogens is 331 g/mol. The Bertz CT molecular complexity index is 841. The number of carbonyl (C=O) groups is 1. The monoisotopic (exact) mass is 350 g/mol. The van der Waals surface area contributed by atoms with Crippen LogP contribution >= 0.6 is 0 Å². The molecule has 0 atom stereocenters. The minimum Gasteiger partial charge on any atom is -0.322 e. The molecule has 0 aliphatic rings. The van der Waals surface area contributed by atoms with Crippen LogP contribution in [0, 0.1) is 5.82 Å². The predicted octanol–water partition coefficient (Wildman–Crippen LogP) is 3.15. The quantitative estimate of drug-likeness (QED) is 0.889. The van der Waals surface area contributed by atoms with Gasteiger partial charge in [0, 0.05) is 16.8 Å². The van der Waals surface area contributed by atoms with E-state index in [1.54, 1.807) is 26.8 Å². The van der Waals surface area contributed by atoms with Crippen molar-refractivity contribution in [2.45, 2.75) is 31.2 Å². The van der Waals surface area contributed by atoms with Crippen molar-refractivity contribution in [2.75, 3.05) is 5.32 Å². The maximum absolute atomic E-state index is 13.1. The van der Waals surface area contributed by atoms with Gasteiger partial charge in [0.25, 0.3) is 5.91 Å². The van der Waals surface area contributed by atoms with Crippen LogP contribution in [0.2, 0.25) is 0 Å². The number of carbonyl (C=O) groups excluding carboxylic acids is 1. The second-order valence-electron chi connectivity index (χ2n) is 6.34. The Morgan fingerprint density at radius 3 is 2.21 bits per heavy atom. The minimum atomic E-state index is -3.66. The van der Waals surface area contributed by atoms with E-state index in [2.05, 4.69) is 10.0 Å². The number of halogens is 1. The van der Waals surface area contributed by atoms with Crippen LogP contribution in [-0.2, 0) is 10.0 Å². The number of nitrogens with one attached hydrogen (secondary N) is 2. The maximum atomic E-state index is 13.1. The van der Waals surface area contributed by atoms with E-state index in [1.165, 1.54) is 42.5 Å². The lowest BCUT2D eigenvalue weighted by Gasteiger charge is -2.20. The van der Waals surface area contributed by atoms with E-state index in [9.17, 15) is 17.6 Å². The first-order chi connectivity index (χ1) is 11.1. The smallest absolute Gasteiger partial charge is 0.255 e. The van der Waals surface area contributed by atoms with E-state index < -0.39 is 27.3 Å². The van der Waals surface area contributed by atoms with Gasteiger partial charge >= 0.3 is 0 Å². The van der Waals surface area contributed by atoms with E-state index in [-0.39, 0.29) is 10.5 Å². The van der Waals surface area contributed by atoms with Crippen molar-refractivity contribution >= 4 is 21.6 Å². The molecule has 0 heterocycles. The molecule has 1 amide bonds. The molecule has 0 bridgehead atoms. The number of amides is 1. The van der Waals surface area contributed by atoms with Gasteiger partial charge in [-0.05, 0) is 63.2 Å². The van der Waals surface area contributed by atoms with Gasteiger partial charge in [-0.2, -0.15) is 0 Å². The molecule has 5 nitrogen and oxygen atoms in total. The summed E-state index contributed by atoms with van der Waals surface area (Å²) in [5.74, 6) is -0.907. The molecule has 2 rings (SSSR count). The highest BCUT2D eigenvalue weighted by molar-refractivity contribution is 7.89. The largest absolute Gasteiger partial charge is 0.322 e. The van der Waals surface area contributed by atoms with Gasteiger partial charge in [-0.3, -0.25) is 4.79 Å². The normalized spacial score (nSPS) is 12.0. The van der Waals surface area contributed by atoms with E-state index in [1.807, 2.05) is 0 Å². The van der Waals surface area contributed by atoms with Crippen LogP contribution in [0.5, 0.6) is 0 Å². The highest BCUT2D eigenvalue weighted by Gasteiger charge is 2.22. The van der Waals surface area contributed by atoms with Crippen LogP contribution < -0.4 is 10.0 Å². The Balaban J connectivity index is 2.16. The molecule has 2 N–H and O–H groups in total. The number of hydrogen-bond donors (Lipinski definition) is 2. The van der Waals surface area contributed by atoms with Crippen molar-refractivity contribution < 1.29 is 17.6 Å². The van der Waals surface area contributed by atoms with Gasteiger partial charge < -0.3 is 5.32 Å². The fraction of sp³-hybridized carbons (Fsp3) is 0.235. The minimum absolute atomic E-state index is 0.0692. The third-order valence-electron chi connectivity index (χ3n) is 2.95. The molecule has 0 aliphatic carbocycles. The summed E-state index contributed by atoms with van der Waals surface area (Å²) in [4.78, 5) is 12.2. The Labute approximate surface area is 141 Å². The lowest BCUT2D eigenvalue weighted by molar-refractivity contribution is 0.102. The molecule has 24 heavy (non-hydrogen) atoms. The van der Waals surface area contributed by atoms with Crippen molar-refractivity contribution in [3.63, 3.8) is 0 Å². The Kier molecular flexibility index (Phi) is 5.05. The SMILES string of the molecule is CC(C)(C)NS(=O)(=O)c1ccc(C(=O)Nc2cccc(F)c2)cc1. The second kappa shape index (κ2) is 6.70. The lowest BCUT2D eigenvalue weighted by atomic mass is 10.1. The van der Waals surface area contributed by atoms with Gasteiger partial charge in [0.05, 0.1) is 4.90 Å². The van der Waals surface area contributed by atoms with E-state index in [4.69, 9.17) is 0 Å². The summed E-state index contributed by atoms with van der Waals surface area (Å²) in [6.07, 6.45) is 0. The summed E-state index contributed by atoms with van der Waals surface area (Å²) in [5.41, 5.74) is -0.00761. The van der Waals surface area contributed by atoms with E-state index in [0.717, 1.165) is 0 Å². The molecule has 2 aromatic carbocycles. The Hall–Kier alpha value is -2.25. The van der Waals surface area contributed by atoms with E-state index >= 15 is 0 Å². The van der Waals surface area contributed by atoms with Crippen molar-refractivity contribution in [1.29, 1.82) is 0 Å². The number of hydrogen-bond acceptors (Lipinski definition) is 3. The summed E-state index contributed by atoms with van der Waals surface area (Å²) < 4.78 is 40.1. The first kappa shape index (κ1) is 18.1. The molecule has 0 saturated carbocycles. The zero-order valence-corrected chi connectivity index (χ0v) is 14.4. The number of sulfonamides is 1. The van der Waals surface area contributed by atoms with Crippen LogP contribution in [0.3, 0.4) is 0 Å². The molecule has 7 heteroatoms. The molecule has 2 aromatic rings. The summed E-state index contributed by atoms with van der Waals surface area (Å²) in [5, 5.41) is 2.55. The summed E-state index contributed by atoms with van der Waals surface area (Å²) in [7, 11) is -3.66. The summed E-state index contributed by atoms with van der Waals surface area (Å²) in [6.45, 7) is 5.22. The van der Waals surface area contributed by atoms with Crippen LogP contribution in [0.15, 0.2) is 53.4 Å². The Morgan fingerprint density at radius 1 is 1.04 bits per heavy atom. The molecule has 0 aromatic heterocycles. The average Bonchev–Trinajstić information content (AvgIpc) is 2.45. The zero-order valence-electron chi connectivity index (χ0n) is 13.6. The van der Waals surface area contributed by atoms with Gasteiger partial charge in [0.15, 0.2) is 0 Å². The average molecular weight is 350 g/mol. The molecule has 0 aliphatic heterocycles. The van der Waals surface area contributed by atoms with Crippen molar-refractivity contribution in [3.05, 3.63) is 59.9 Å². The fourth-order valence-corrected chi connectivity index (χ4v) is 3.44. The van der Waals surface area contributed by atoms with Gasteiger partial charge in [0.1, 0.15) is 5.82 Å². The topological polar surface area (TPSA) is 75.3 Å². The van der Waals surface area contributed by atoms with Crippen LogP contribution in [0.25, 0.3) is 0 Å². The molecule has 0 unspecified atom stereocenters. The fourth-order valence-electron chi connectivity index (χ4n) is 2.02. The molecule has 0 saturated heterocycles. The second-order valence-corrected chi connectivity index (χ2v) is 8.03. The molecule has 128 valence electrons. The van der Waals surface area contributed by atoms with Crippen molar-refractivity contribution in [1.82, 2.24) is 4.72 Å². The zero-order chi connectivity index (χ0) is 18.0. The van der Waals surface area contributed by atoms with Gasteiger partial charge in [-0.15, -0.1) is 0 Å². The number of rotatable bonds is 4. The van der Waals surface area contributed by atoms with Gasteiger partial charge in [-0.1, -0.05) is 6.07 Å². The third-order valence-corrected chi connectivity index (χ3v) is 4.72. The molecular formula is C17H19FN2O3S. The van der Waals surface area contributed by atoms with E-state index in [0.29, 0.717) is 5.69 Å². The first-order valence-corrected chi connectivity index (χ1v) is 8.76. The highest BCUT2D eigenvalue weighted by atomic mass is 32.2. The molecule has 0 spiro atoms. The van der Waals surface area contributed by atoms with Crippen LogP contribution in [0.4, 0.5) is 10.1 Å². The number of anilines is 1. The standard InChI is InChI=1S/C17H19FN2O3S/c1-17(2,3)20-24(22,23)15-9-7-12(8-10-15)16(21)19-14-6-4-5-13(18)11-14/h4-11,20H,1-3H3,(H,19,21). The summed E-state index contributed by atoms with van der Waals surface area (Å²) >= 11 is 0. The van der Waals surface area contributed by atoms with Crippen molar-refractivity contribution in [2.24, 2.45) is 0 Å². The van der Waals surface area contributed by atoms with Crippen LogP contribution in [0.1, 0.15) is 31.1 Å². The molecule has 0 radical (unpaired) electrons. The highest BCUT2D eigenvalue weighted by Crippen LogP contribution is 2.15. The van der Waals surface area contributed by atoms with Gasteiger partial charge in [0.2, 0.25) is 10.0 Å². The third kappa shape index (κ3) is 4.87.